The highest BCUT2D eigenvalue weighted by molar-refractivity contribution is 5.96. The standard InChI is InChI=1S/C19H14N4O3/c24-19(16-8-12-4-1-2-6-15(12)25-16)23-10-14(11-23)18-21-17(22-26-18)13-5-3-7-20-9-13/h1-9,14H,10-11H2. The highest BCUT2D eigenvalue weighted by Crippen LogP contribution is 2.30. The van der Waals surface area contributed by atoms with Gasteiger partial charge in [0.1, 0.15) is 5.58 Å². The fourth-order valence-corrected chi connectivity index (χ4v) is 3.06. The third-order valence-electron chi connectivity index (χ3n) is 4.52. The molecule has 3 aromatic heterocycles. The third kappa shape index (κ3) is 2.45. The van der Waals surface area contributed by atoms with E-state index in [1.807, 2.05) is 36.4 Å². The zero-order chi connectivity index (χ0) is 17.5. The molecular weight excluding hydrogens is 332 g/mol. The molecule has 0 spiro atoms. The van der Waals surface area contributed by atoms with E-state index in [-0.39, 0.29) is 11.8 Å². The normalized spacial score (nSPS) is 14.5. The molecule has 7 heteroatoms. The average Bonchev–Trinajstić information content (AvgIpc) is 3.28. The van der Waals surface area contributed by atoms with Gasteiger partial charge in [0, 0.05) is 36.4 Å². The van der Waals surface area contributed by atoms with Crippen molar-refractivity contribution >= 4 is 16.9 Å². The van der Waals surface area contributed by atoms with Crippen molar-refractivity contribution in [1.29, 1.82) is 0 Å². The fourth-order valence-electron chi connectivity index (χ4n) is 3.06. The summed E-state index contributed by atoms with van der Waals surface area (Å²) < 4.78 is 11.0. The molecule has 5 rings (SSSR count). The number of rotatable bonds is 3. The van der Waals surface area contributed by atoms with Crippen LogP contribution in [0.2, 0.25) is 0 Å². The van der Waals surface area contributed by atoms with E-state index >= 15 is 0 Å². The number of likely N-dealkylation sites (tertiary alicyclic amines) is 1. The number of nitrogens with zero attached hydrogens (tertiary/aromatic N) is 4. The van der Waals surface area contributed by atoms with Crippen molar-refractivity contribution in [2.24, 2.45) is 0 Å². The quantitative estimate of drug-likeness (QED) is 0.566. The van der Waals surface area contributed by atoms with Crippen LogP contribution in [0.5, 0.6) is 0 Å². The van der Waals surface area contributed by atoms with Crippen molar-refractivity contribution in [1.82, 2.24) is 20.0 Å². The van der Waals surface area contributed by atoms with E-state index in [9.17, 15) is 4.79 Å². The van der Waals surface area contributed by atoms with Gasteiger partial charge in [-0.2, -0.15) is 4.98 Å². The summed E-state index contributed by atoms with van der Waals surface area (Å²) in [6, 6.07) is 13.0. The van der Waals surface area contributed by atoms with Crippen molar-refractivity contribution in [2.75, 3.05) is 13.1 Å². The Hall–Kier alpha value is -3.48. The molecule has 1 aliphatic rings. The predicted molar refractivity (Wildman–Crippen MR) is 92.4 cm³/mol. The Bertz CT molecular complexity index is 1050. The minimum absolute atomic E-state index is 0.0428. The molecule has 1 amide bonds. The van der Waals surface area contributed by atoms with Crippen LogP contribution in [0.25, 0.3) is 22.4 Å². The Kier molecular flexibility index (Phi) is 3.31. The topological polar surface area (TPSA) is 85.3 Å². The monoisotopic (exact) mass is 346 g/mol. The molecular formula is C19H14N4O3. The number of fused-ring (bicyclic) bond motifs is 1. The van der Waals surface area contributed by atoms with Crippen LogP contribution in [-0.2, 0) is 0 Å². The predicted octanol–water partition coefficient (Wildman–Crippen LogP) is 3.12. The zero-order valence-electron chi connectivity index (χ0n) is 13.7. The molecule has 0 bridgehead atoms. The molecule has 4 aromatic rings. The molecule has 1 fully saturated rings. The van der Waals surface area contributed by atoms with E-state index in [4.69, 9.17) is 8.94 Å². The molecule has 1 saturated heterocycles. The van der Waals surface area contributed by atoms with Crippen LogP contribution in [0.3, 0.4) is 0 Å². The van der Waals surface area contributed by atoms with Gasteiger partial charge in [-0.25, -0.2) is 0 Å². The lowest BCUT2D eigenvalue weighted by Crippen LogP contribution is -2.48. The Labute approximate surface area is 148 Å². The maximum absolute atomic E-state index is 12.6. The summed E-state index contributed by atoms with van der Waals surface area (Å²) in [6.45, 7) is 1.06. The minimum atomic E-state index is -0.121. The van der Waals surface area contributed by atoms with Crippen LogP contribution in [0.1, 0.15) is 22.4 Å². The van der Waals surface area contributed by atoms with Gasteiger partial charge in [-0.1, -0.05) is 23.4 Å². The molecule has 7 nitrogen and oxygen atoms in total. The van der Waals surface area contributed by atoms with E-state index < -0.39 is 0 Å². The van der Waals surface area contributed by atoms with Gasteiger partial charge < -0.3 is 13.8 Å². The van der Waals surface area contributed by atoms with Crippen LogP contribution in [0.4, 0.5) is 0 Å². The Morgan fingerprint density at radius 3 is 2.85 bits per heavy atom. The van der Waals surface area contributed by atoms with Crippen LogP contribution in [-0.4, -0.2) is 39.0 Å². The lowest BCUT2D eigenvalue weighted by Gasteiger charge is -2.36. The number of aromatic nitrogens is 3. The van der Waals surface area contributed by atoms with Crippen LogP contribution < -0.4 is 0 Å². The second-order valence-electron chi connectivity index (χ2n) is 6.25. The van der Waals surface area contributed by atoms with Gasteiger partial charge >= 0.3 is 0 Å². The molecule has 0 unspecified atom stereocenters. The third-order valence-corrected chi connectivity index (χ3v) is 4.52. The van der Waals surface area contributed by atoms with E-state index in [2.05, 4.69) is 15.1 Å². The highest BCUT2D eigenvalue weighted by atomic mass is 16.5. The molecule has 0 saturated carbocycles. The molecule has 0 N–H and O–H groups in total. The van der Waals surface area contributed by atoms with Crippen molar-refractivity contribution in [3.63, 3.8) is 0 Å². The minimum Gasteiger partial charge on any atom is -0.451 e. The number of furan rings is 1. The van der Waals surface area contributed by atoms with E-state index in [1.165, 1.54) is 0 Å². The van der Waals surface area contributed by atoms with Crippen LogP contribution >= 0.6 is 0 Å². The van der Waals surface area contributed by atoms with Crippen molar-refractivity contribution < 1.29 is 13.7 Å². The molecule has 0 atom stereocenters. The highest BCUT2D eigenvalue weighted by Gasteiger charge is 2.37. The second kappa shape index (κ2) is 5.80. The molecule has 26 heavy (non-hydrogen) atoms. The van der Waals surface area contributed by atoms with Gasteiger partial charge in [0.05, 0.1) is 5.92 Å². The number of pyridine rings is 1. The lowest BCUT2D eigenvalue weighted by molar-refractivity contribution is 0.0539. The number of hydrogen-bond donors (Lipinski definition) is 0. The number of benzene rings is 1. The summed E-state index contributed by atoms with van der Waals surface area (Å²) >= 11 is 0. The number of hydrogen-bond acceptors (Lipinski definition) is 6. The largest absolute Gasteiger partial charge is 0.451 e. The van der Waals surface area contributed by atoms with E-state index in [0.29, 0.717) is 36.1 Å². The SMILES string of the molecule is O=C(c1cc2ccccc2o1)N1CC(c2nc(-c3cccnc3)no2)C1. The average molecular weight is 346 g/mol. The van der Waals surface area contributed by atoms with Gasteiger partial charge in [-0.05, 0) is 24.3 Å². The van der Waals surface area contributed by atoms with Crippen LogP contribution in [0, 0.1) is 0 Å². The molecule has 0 radical (unpaired) electrons. The molecule has 128 valence electrons. The summed E-state index contributed by atoms with van der Waals surface area (Å²) in [4.78, 5) is 22.8. The molecule has 1 aliphatic heterocycles. The maximum Gasteiger partial charge on any atom is 0.289 e. The molecule has 1 aromatic carbocycles. The number of amides is 1. The molecule has 0 aliphatic carbocycles. The summed E-state index contributed by atoms with van der Waals surface area (Å²) in [6.07, 6.45) is 3.38. The first-order valence-corrected chi connectivity index (χ1v) is 8.30. The van der Waals surface area contributed by atoms with Crippen molar-refractivity contribution in [2.45, 2.75) is 5.92 Å². The summed E-state index contributed by atoms with van der Waals surface area (Å²) in [5.41, 5.74) is 1.52. The van der Waals surface area contributed by atoms with Gasteiger partial charge in [-0.3, -0.25) is 9.78 Å². The number of carbonyl (C=O) groups is 1. The van der Waals surface area contributed by atoms with Crippen molar-refractivity contribution in [3.05, 3.63) is 66.5 Å². The Morgan fingerprint density at radius 1 is 1.15 bits per heavy atom. The van der Waals surface area contributed by atoms with Crippen LogP contribution in [0.15, 0.2) is 63.8 Å². The fraction of sp³-hybridized carbons (Fsp3) is 0.158. The Morgan fingerprint density at radius 2 is 2.04 bits per heavy atom. The van der Waals surface area contributed by atoms with Gasteiger partial charge in [-0.15, -0.1) is 0 Å². The van der Waals surface area contributed by atoms with E-state index in [1.54, 1.807) is 23.4 Å². The second-order valence-corrected chi connectivity index (χ2v) is 6.25. The first-order chi connectivity index (χ1) is 12.8. The zero-order valence-corrected chi connectivity index (χ0v) is 13.7. The van der Waals surface area contributed by atoms with E-state index in [0.717, 1.165) is 10.9 Å². The molecule has 4 heterocycles. The van der Waals surface area contributed by atoms with Crippen molar-refractivity contribution in [3.8, 4) is 11.4 Å². The number of para-hydroxylation sites is 1. The summed E-state index contributed by atoms with van der Waals surface area (Å²) in [7, 11) is 0. The smallest absolute Gasteiger partial charge is 0.289 e. The van der Waals surface area contributed by atoms with Gasteiger partial charge in [0.25, 0.3) is 5.91 Å². The summed E-state index contributed by atoms with van der Waals surface area (Å²) in [5, 5.41) is 4.92. The van der Waals surface area contributed by atoms with Gasteiger partial charge in [0.2, 0.25) is 11.7 Å². The summed E-state index contributed by atoms with van der Waals surface area (Å²) in [5.74, 6) is 1.32. The number of carbonyl (C=O) groups excluding carboxylic acids is 1. The lowest BCUT2D eigenvalue weighted by atomic mass is 10.00. The first-order valence-electron chi connectivity index (χ1n) is 8.30. The first kappa shape index (κ1) is 14.8. The van der Waals surface area contributed by atoms with Gasteiger partial charge in [0.15, 0.2) is 5.76 Å². The maximum atomic E-state index is 12.6. The Balaban J connectivity index is 1.28.